The highest BCUT2D eigenvalue weighted by molar-refractivity contribution is 7.90. The fraction of sp³-hybridized carbons (Fsp3) is 0.0870. The first kappa shape index (κ1) is 46.4. The SMILES string of the molecule is CC(C)Oc1nc(Oc2cccnc2)c(-c2ccc(Cl)cc2)c(-c2ccc(Cl)cc2Cl)n1.CS(=O)(=O)c1nc(Oc2cccnc2)c(-c2ccc(Cl)cc2)c(-c2ccc(Cl)cc2Cl)n1. The van der Waals surface area contributed by atoms with Crippen LogP contribution in [0.25, 0.3) is 44.8 Å². The van der Waals surface area contributed by atoms with Crippen molar-refractivity contribution in [2.24, 2.45) is 0 Å². The maximum Gasteiger partial charge on any atom is 0.320 e. The van der Waals surface area contributed by atoms with Gasteiger partial charge in [-0.1, -0.05) is 93.9 Å². The van der Waals surface area contributed by atoms with Gasteiger partial charge in [0.05, 0.1) is 51.1 Å². The van der Waals surface area contributed by atoms with E-state index in [0.717, 1.165) is 11.8 Å². The van der Waals surface area contributed by atoms with E-state index < -0.39 is 15.0 Å². The highest BCUT2D eigenvalue weighted by Crippen LogP contribution is 2.44. The van der Waals surface area contributed by atoms with Crippen LogP contribution in [-0.4, -0.2) is 50.7 Å². The Labute approximate surface area is 398 Å². The molecule has 0 aliphatic rings. The number of hydrogen-bond acceptors (Lipinski definition) is 11. The van der Waals surface area contributed by atoms with Crippen LogP contribution in [0.5, 0.6) is 29.3 Å². The second-order valence-electron chi connectivity index (χ2n) is 13.9. The van der Waals surface area contributed by atoms with E-state index in [2.05, 4.69) is 29.9 Å². The number of halogens is 6. The summed E-state index contributed by atoms with van der Waals surface area (Å²) < 4.78 is 42.7. The minimum absolute atomic E-state index is 0.0248. The summed E-state index contributed by atoms with van der Waals surface area (Å²) in [5.74, 6) is 1.21. The van der Waals surface area contributed by atoms with E-state index in [4.69, 9.17) is 83.8 Å². The lowest BCUT2D eigenvalue weighted by Gasteiger charge is -2.18. The largest absolute Gasteiger partial charge is 0.461 e. The maximum absolute atomic E-state index is 12.4. The lowest BCUT2D eigenvalue weighted by molar-refractivity contribution is 0.220. The van der Waals surface area contributed by atoms with Crippen LogP contribution in [0.2, 0.25) is 30.1 Å². The van der Waals surface area contributed by atoms with E-state index in [1.54, 1.807) is 116 Å². The molecule has 0 saturated heterocycles. The fourth-order valence-corrected chi connectivity index (χ4v) is 7.72. The van der Waals surface area contributed by atoms with Crippen molar-refractivity contribution >= 4 is 79.4 Å². The molecule has 0 amide bonds. The lowest BCUT2D eigenvalue weighted by Crippen LogP contribution is -2.10. The average molecular weight is 994 g/mol. The third kappa shape index (κ3) is 11.6. The lowest BCUT2D eigenvalue weighted by atomic mass is 10.00. The number of pyridine rings is 2. The van der Waals surface area contributed by atoms with Gasteiger partial charge >= 0.3 is 6.01 Å². The van der Waals surface area contributed by atoms with E-state index in [-0.39, 0.29) is 28.7 Å². The van der Waals surface area contributed by atoms with Gasteiger partial charge in [0.2, 0.25) is 21.6 Å². The molecular formula is C46H32Cl6N6O5S. The minimum Gasteiger partial charge on any atom is -0.461 e. The van der Waals surface area contributed by atoms with Crippen molar-refractivity contribution in [3.63, 3.8) is 0 Å². The third-order valence-electron chi connectivity index (χ3n) is 8.72. The van der Waals surface area contributed by atoms with E-state index >= 15 is 0 Å². The van der Waals surface area contributed by atoms with Gasteiger partial charge in [-0.2, -0.15) is 15.0 Å². The first-order chi connectivity index (χ1) is 30.6. The van der Waals surface area contributed by atoms with Crippen molar-refractivity contribution in [3.8, 4) is 74.0 Å². The molecular weight excluding hydrogens is 961 g/mol. The Hall–Kier alpha value is -5.57. The summed E-state index contributed by atoms with van der Waals surface area (Å²) >= 11 is 37.4. The van der Waals surface area contributed by atoms with Crippen LogP contribution in [0.4, 0.5) is 0 Å². The summed E-state index contributed by atoms with van der Waals surface area (Å²) in [5, 5.41) is 2.41. The van der Waals surface area contributed by atoms with Gasteiger partial charge in [-0.25, -0.2) is 13.4 Å². The fourth-order valence-electron chi connectivity index (χ4n) is 5.96. The molecule has 4 heterocycles. The molecule has 11 nitrogen and oxygen atoms in total. The van der Waals surface area contributed by atoms with Gasteiger partial charge in [0, 0.05) is 49.9 Å². The third-order valence-corrected chi connectivity index (χ3v) is 11.2. The van der Waals surface area contributed by atoms with E-state index in [1.807, 2.05) is 26.0 Å². The topological polar surface area (TPSA) is 139 Å². The normalized spacial score (nSPS) is 11.2. The molecule has 4 aromatic heterocycles. The van der Waals surface area contributed by atoms with Gasteiger partial charge in [-0.3, -0.25) is 9.97 Å². The monoisotopic (exact) mass is 990 g/mol. The molecule has 4 aromatic carbocycles. The molecule has 8 rings (SSSR count). The molecule has 0 atom stereocenters. The first-order valence-electron chi connectivity index (χ1n) is 18.9. The summed E-state index contributed by atoms with van der Waals surface area (Å²) in [5.41, 5.74) is 4.44. The molecule has 0 aliphatic carbocycles. The van der Waals surface area contributed by atoms with E-state index in [9.17, 15) is 8.42 Å². The van der Waals surface area contributed by atoms with Crippen molar-refractivity contribution < 1.29 is 22.6 Å². The van der Waals surface area contributed by atoms with Crippen molar-refractivity contribution in [2.45, 2.75) is 25.1 Å². The molecule has 324 valence electrons. The van der Waals surface area contributed by atoms with Crippen molar-refractivity contribution in [3.05, 3.63) is 164 Å². The number of sulfone groups is 1. The van der Waals surface area contributed by atoms with Crippen molar-refractivity contribution in [1.29, 1.82) is 0 Å². The van der Waals surface area contributed by atoms with Gasteiger partial charge in [-0.05, 0) is 110 Å². The molecule has 64 heavy (non-hydrogen) atoms. The van der Waals surface area contributed by atoms with Gasteiger partial charge in [0.25, 0.3) is 5.16 Å². The highest BCUT2D eigenvalue weighted by atomic mass is 35.5. The van der Waals surface area contributed by atoms with E-state index in [1.165, 1.54) is 6.20 Å². The van der Waals surface area contributed by atoms with Crippen molar-refractivity contribution in [2.75, 3.05) is 6.26 Å². The van der Waals surface area contributed by atoms with Crippen LogP contribution in [0.3, 0.4) is 0 Å². The summed E-state index contributed by atoms with van der Waals surface area (Å²) in [6.07, 6.45) is 7.23. The van der Waals surface area contributed by atoms with Crippen LogP contribution in [0, 0.1) is 0 Å². The molecule has 0 N–H and O–H groups in total. The Morgan fingerprint density at radius 1 is 0.531 bits per heavy atom. The zero-order valence-corrected chi connectivity index (χ0v) is 39.0. The predicted molar refractivity (Wildman–Crippen MR) is 253 cm³/mol. The van der Waals surface area contributed by atoms with Crippen LogP contribution in [0.1, 0.15) is 13.8 Å². The Morgan fingerprint density at radius 2 is 0.969 bits per heavy atom. The zero-order chi connectivity index (χ0) is 45.5. The average Bonchev–Trinajstić information content (AvgIpc) is 3.25. The number of aromatic nitrogens is 6. The van der Waals surface area contributed by atoms with Crippen molar-refractivity contribution in [1.82, 2.24) is 29.9 Å². The summed E-state index contributed by atoms with van der Waals surface area (Å²) in [6.45, 7) is 3.79. The van der Waals surface area contributed by atoms with Crippen LogP contribution >= 0.6 is 69.6 Å². The number of ether oxygens (including phenoxy) is 3. The smallest absolute Gasteiger partial charge is 0.320 e. The quantitative estimate of drug-likeness (QED) is 0.114. The van der Waals surface area contributed by atoms with Gasteiger partial charge in [0.15, 0.2) is 0 Å². The molecule has 0 fully saturated rings. The summed E-state index contributed by atoms with van der Waals surface area (Å²) in [7, 11) is -3.78. The Bertz CT molecular complexity index is 3050. The van der Waals surface area contributed by atoms with Crippen LogP contribution in [0.15, 0.2) is 139 Å². The number of hydrogen-bond donors (Lipinski definition) is 0. The Kier molecular flexibility index (Phi) is 14.9. The highest BCUT2D eigenvalue weighted by Gasteiger charge is 2.26. The molecule has 18 heteroatoms. The Morgan fingerprint density at radius 3 is 1.38 bits per heavy atom. The zero-order valence-electron chi connectivity index (χ0n) is 33.7. The molecule has 0 radical (unpaired) electrons. The minimum atomic E-state index is -3.78. The molecule has 0 saturated carbocycles. The number of benzene rings is 4. The molecule has 8 aromatic rings. The standard InChI is InChI=1S/C24H18Cl3N3O2.C22H14Cl3N3O3S/c1-14(2)31-24-29-22(19-10-9-17(26)12-20(19)27)21(15-5-7-16(25)8-6-15)23(30-24)32-18-4-3-11-28-13-18;1-32(29,30)22-27-20(17-9-8-15(24)11-18(17)25)19(13-4-6-14(23)7-5-13)21(28-22)31-16-3-2-10-26-12-16/h3-14H,1-2H3;2-12H,1H3. The van der Waals surface area contributed by atoms with Gasteiger partial charge < -0.3 is 14.2 Å². The summed E-state index contributed by atoms with van der Waals surface area (Å²) in [4.78, 5) is 26.0. The van der Waals surface area contributed by atoms with Crippen LogP contribution < -0.4 is 14.2 Å². The second kappa shape index (κ2) is 20.5. The molecule has 0 spiro atoms. The molecule has 0 unspecified atom stereocenters. The maximum atomic E-state index is 12.4. The summed E-state index contributed by atoms with van der Waals surface area (Å²) in [6, 6.07) is 31.4. The van der Waals surface area contributed by atoms with Crippen LogP contribution in [-0.2, 0) is 9.84 Å². The van der Waals surface area contributed by atoms with Gasteiger partial charge in [0.1, 0.15) is 11.5 Å². The predicted octanol–water partition coefficient (Wildman–Crippen LogP) is 14.1. The van der Waals surface area contributed by atoms with E-state index in [0.29, 0.717) is 76.0 Å². The van der Waals surface area contributed by atoms with Gasteiger partial charge in [-0.15, -0.1) is 0 Å². The number of rotatable bonds is 11. The Balaban J connectivity index is 0.000000191. The molecule has 0 bridgehead atoms. The first-order valence-corrected chi connectivity index (χ1v) is 23.1. The molecule has 0 aliphatic heterocycles. The second-order valence-corrected chi connectivity index (χ2v) is 18.3. The number of nitrogens with zero attached hydrogens (tertiary/aromatic N) is 6.